The molecule has 0 saturated carbocycles. The van der Waals surface area contributed by atoms with Gasteiger partial charge in [0.2, 0.25) is 5.95 Å². The first kappa shape index (κ1) is 14.8. The normalized spacial score (nSPS) is 19.6. The van der Waals surface area contributed by atoms with E-state index in [2.05, 4.69) is 34.0 Å². The van der Waals surface area contributed by atoms with E-state index >= 15 is 0 Å². The van der Waals surface area contributed by atoms with E-state index in [-0.39, 0.29) is 5.95 Å². The van der Waals surface area contributed by atoms with Gasteiger partial charge in [-0.3, -0.25) is 0 Å². The fourth-order valence-corrected chi connectivity index (χ4v) is 2.78. The number of likely N-dealkylation sites (N-methyl/N-ethyl adjacent to an activating group) is 1. The van der Waals surface area contributed by atoms with Crippen molar-refractivity contribution in [1.29, 1.82) is 0 Å². The highest BCUT2D eigenvalue weighted by Gasteiger charge is 2.24. The molecule has 0 aromatic carbocycles. The molecule has 0 amide bonds. The van der Waals surface area contributed by atoms with E-state index < -0.39 is 0 Å². The summed E-state index contributed by atoms with van der Waals surface area (Å²) in [5, 5.41) is 3.35. The average Bonchev–Trinajstić information content (AvgIpc) is 2.41. The van der Waals surface area contributed by atoms with Crippen LogP contribution in [0.2, 0.25) is 0 Å². The van der Waals surface area contributed by atoms with E-state index in [1.165, 1.54) is 6.42 Å². The number of nitrogens with zero attached hydrogens (tertiary/aromatic N) is 3. The third kappa shape index (κ3) is 3.30. The van der Waals surface area contributed by atoms with Crippen LogP contribution in [-0.4, -0.2) is 36.1 Å². The second-order valence-corrected chi connectivity index (χ2v) is 5.94. The molecule has 1 aromatic heterocycles. The van der Waals surface area contributed by atoms with Crippen molar-refractivity contribution in [2.75, 3.05) is 36.5 Å². The first-order valence-corrected chi connectivity index (χ1v) is 7.35. The second kappa shape index (κ2) is 6.26. The van der Waals surface area contributed by atoms with E-state index in [1.54, 1.807) is 0 Å². The van der Waals surface area contributed by atoms with Gasteiger partial charge in [0.1, 0.15) is 11.6 Å². The van der Waals surface area contributed by atoms with Crippen molar-refractivity contribution in [3.05, 3.63) is 5.56 Å². The molecule has 1 fully saturated rings. The summed E-state index contributed by atoms with van der Waals surface area (Å²) in [7, 11) is 2.01. The Morgan fingerprint density at radius 1 is 1.35 bits per heavy atom. The van der Waals surface area contributed by atoms with Crippen LogP contribution in [0.5, 0.6) is 0 Å². The summed E-state index contributed by atoms with van der Waals surface area (Å²) >= 11 is 0. The van der Waals surface area contributed by atoms with Gasteiger partial charge in [0.05, 0.1) is 0 Å². The van der Waals surface area contributed by atoms with E-state index in [9.17, 15) is 0 Å². The van der Waals surface area contributed by atoms with Crippen LogP contribution in [-0.2, 0) is 6.42 Å². The maximum atomic E-state index is 6.07. The molecule has 0 aliphatic carbocycles. The second-order valence-electron chi connectivity index (χ2n) is 5.94. The zero-order chi connectivity index (χ0) is 14.7. The number of nitrogens with two attached hydrogens (primary N) is 2. The smallest absolute Gasteiger partial charge is 0.223 e. The lowest BCUT2D eigenvalue weighted by Crippen LogP contribution is -2.45. The Labute approximate surface area is 121 Å². The summed E-state index contributed by atoms with van der Waals surface area (Å²) in [6.07, 6.45) is 3.22. The molecule has 0 spiro atoms. The van der Waals surface area contributed by atoms with Gasteiger partial charge in [-0.15, -0.1) is 0 Å². The molecule has 6 heteroatoms. The van der Waals surface area contributed by atoms with Crippen LogP contribution in [0.1, 0.15) is 32.3 Å². The number of nitrogen functional groups attached to an aromatic ring is 2. The van der Waals surface area contributed by atoms with Crippen molar-refractivity contribution in [2.45, 2.75) is 39.2 Å². The molecule has 2 rings (SSSR count). The lowest BCUT2D eigenvalue weighted by molar-refractivity contribution is 0.446. The van der Waals surface area contributed by atoms with Gasteiger partial charge in [-0.05, 0) is 32.2 Å². The highest BCUT2D eigenvalue weighted by molar-refractivity contribution is 5.60. The minimum absolute atomic E-state index is 0.261. The van der Waals surface area contributed by atoms with Crippen LogP contribution in [0.4, 0.5) is 17.6 Å². The SMILES string of the molecule is CNC1CCCN(c2nc(N)nc(N)c2CC(C)C)C1. The molecule has 6 nitrogen and oxygen atoms in total. The summed E-state index contributed by atoms with van der Waals surface area (Å²) in [5.41, 5.74) is 12.9. The molecule has 1 unspecified atom stereocenters. The number of hydrogen-bond acceptors (Lipinski definition) is 6. The number of piperidine rings is 1. The van der Waals surface area contributed by atoms with E-state index in [1.807, 2.05) is 7.05 Å². The zero-order valence-electron chi connectivity index (χ0n) is 12.7. The van der Waals surface area contributed by atoms with Crippen LogP contribution < -0.4 is 21.7 Å². The van der Waals surface area contributed by atoms with Crippen LogP contribution in [0.15, 0.2) is 0 Å². The Hall–Kier alpha value is -1.56. The highest BCUT2D eigenvalue weighted by Crippen LogP contribution is 2.28. The van der Waals surface area contributed by atoms with Gasteiger partial charge in [0, 0.05) is 24.7 Å². The standard InChI is InChI=1S/C14H26N6/c1-9(2)7-11-12(15)18-14(16)19-13(11)20-6-4-5-10(8-20)17-3/h9-10,17H,4-8H2,1-3H3,(H4,15,16,18,19). The maximum Gasteiger partial charge on any atom is 0.223 e. The van der Waals surface area contributed by atoms with Gasteiger partial charge in [-0.1, -0.05) is 13.8 Å². The minimum atomic E-state index is 0.261. The van der Waals surface area contributed by atoms with Crippen molar-refractivity contribution in [1.82, 2.24) is 15.3 Å². The number of aromatic nitrogens is 2. The molecule has 2 heterocycles. The van der Waals surface area contributed by atoms with E-state index in [0.29, 0.717) is 17.8 Å². The fraction of sp³-hybridized carbons (Fsp3) is 0.714. The molecule has 1 aliphatic rings. The lowest BCUT2D eigenvalue weighted by Gasteiger charge is -2.34. The van der Waals surface area contributed by atoms with Crippen LogP contribution in [0.25, 0.3) is 0 Å². The summed E-state index contributed by atoms with van der Waals surface area (Å²) in [6, 6.07) is 0.494. The lowest BCUT2D eigenvalue weighted by atomic mass is 10.0. The third-order valence-corrected chi connectivity index (χ3v) is 3.78. The Morgan fingerprint density at radius 3 is 2.75 bits per heavy atom. The summed E-state index contributed by atoms with van der Waals surface area (Å²) in [6.45, 7) is 6.29. The van der Waals surface area contributed by atoms with Crippen molar-refractivity contribution in [3.63, 3.8) is 0 Å². The van der Waals surface area contributed by atoms with Crippen molar-refractivity contribution < 1.29 is 0 Å². The van der Waals surface area contributed by atoms with E-state index in [4.69, 9.17) is 11.5 Å². The Kier molecular flexibility index (Phi) is 4.65. The first-order chi connectivity index (χ1) is 9.51. The van der Waals surface area contributed by atoms with Gasteiger partial charge < -0.3 is 21.7 Å². The summed E-state index contributed by atoms with van der Waals surface area (Å²) in [5.74, 6) is 2.21. The average molecular weight is 278 g/mol. The molecule has 20 heavy (non-hydrogen) atoms. The minimum Gasteiger partial charge on any atom is -0.383 e. The molecule has 0 radical (unpaired) electrons. The van der Waals surface area contributed by atoms with Crippen molar-refractivity contribution >= 4 is 17.6 Å². The van der Waals surface area contributed by atoms with Crippen LogP contribution >= 0.6 is 0 Å². The number of rotatable bonds is 4. The fourth-order valence-electron chi connectivity index (χ4n) is 2.78. The third-order valence-electron chi connectivity index (χ3n) is 3.78. The molecule has 112 valence electrons. The molecule has 1 atom stereocenters. The molecular formula is C14H26N6. The van der Waals surface area contributed by atoms with Crippen LogP contribution in [0, 0.1) is 5.92 Å². The van der Waals surface area contributed by atoms with Crippen molar-refractivity contribution in [3.8, 4) is 0 Å². The molecular weight excluding hydrogens is 252 g/mol. The Bertz CT molecular complexity index is 459. The quantitative estimate of drug-likeness (QED) is 0.761. The topological polar surface area (TPSA) is 93.1 Å². The molecule has 1 aliphatic heterocycles. The largest absolute Gasteiger partial charge is 0.383 e. The highest BCUT2D eigenvalue weighted by atomic mass is 15.2. The summed E-state index contributed by atoms with van der Waals surface area (Å²) in [4.78, 5) is 10.9. The predicted molar refractivity (Wildman–Crippen MR) is 83.7 cm³/mol. The van der Waals surface area contributed by atoms with Crippen LogP contribution in [0.3, 0.4) is 0 Å². The van der Waals surface area contributed by atoms with E-state index in [0.717, 1.165) is 37.3 Å². The number of hydrogen-bond donors (Lipinski definition) is 3. The first-order valence-electron chi connectivity index (χ1n) is 7.35. The maximum absolute atomic E-state index is 6.07. The monoisotopic (exact) mass is 278 g/mol. The predicted octanol–water partition coefficient (Wildman–Crippen LogP) is 1.03. The van der Waals surface area contributed by atoms with Gasteiger partial charge in [0.15, 0.2) is 0 Å². The van der Waals surface area contributed by atoms with Gasteiger partial charge in [0.25, 0.3) is 0 Å². The molecule has 1 saturated heterocycles. The zero-order valence-corrected chi connectivity index (χ0v) is 12.7. The molecule has 1 aromatic rings. The molecule has 0 bridgehead atoms. The summed E-state index contributed by atoms with van der Waals surface area (Å²) < 4.78 is 0. The van der Waals surface area contributed by atoms with Gasteiger partial charge >= 0.3 is 0 Å². The number of nitrogens with one attached hydrogen (secondary N) is 1. The Balaban J connectivity index is 2.33. The van der Waals surface area contributed by atoms with Gasteiger partial charge in [-0.25, -0.2) is 0 Å². The number of anilines is 3. The molecule has 5 N–H and O–H groups in total. The Morgan fingerprint density at radius 2 is 2.10 bits per heavy atom. The van der Waals surface area contributed by atoms with Gasteiger partial charge in [-0.2, -0.15) is 9.97 Å². The van der Waals surface area contributed by atoms with Crippen molar-refractivity contribution in [2.24, 2.45) is 5.92 Å².